The zero-order valence-corrected chi connectivity index (χ0v) is 8.78. The van der Waals surface area contributed by atoms with E-state index in [1.807, 2.05) is 7.05 Å². The highest BCUT2D eigenvalue weighted by molar-refractivity contribution is 5.08. The van der Waals surface area contributed by atoms with E-state index in [9.17, 15) is 0 Å². The molecule has 1 aliphatic rings. The molecule has 0 aliphatic heterocycles. The monoisotopic (exact) mass is 167 g/mol. The molecule has 0 heterocycles. The minimum Gasteiger partial charge on any atom is -0.319 e. The zero-order valence-electron chi connectivity index (χ0n) is 8.78. The van der Waals surface area contributed by atoms with Gasteiger partial charge in [-0.15, -0.1) is 0 Å². The Morgan fingerprint density at radius 1 is 1.17 bits per heavy atom. The summed E-state index contributed by atoms with van der Waals surface area (Å²) in [7, 11) is 2.03. The van der Waals surface area contributed by atoms with Crippen LogP contribution >= 0.6 is 0 Å². The lowest BCUT2D eigenvalue weighted by Crippen LogP contribution is -2.32. The lowest BCUT2D eigenvalue weighted by Gasteiger charge is -2.35. The van der Waals surface area contributed by atoms with E-state index in [1.165, 1.54) is 12.8 Å². The molecule has 1 aliphatic carbocycles. The summed E-state index contributed by atoms with van der Waals surface area (Å²) in [5.74, 6) is 0. The van der Waals surface area contributed by atoms with Crippen molar-refractivity contribution >= 4 is 0 Å². The first-order chi connectivity index (χ1) is 5.47. The van der Waals surface area contributed by atoms with Gasteiger partial charge in [0, 0.05) is 6.54 Å². The molecule has 1 unspecified atom stereocenters. The maximum absolute atomic E-state index is 3.25. The van der Waals surface area contributed by atoms with Crippen LogP contribution in [-0.2, 0) is 0 Å². The lowest BCUT2D eigenvalue weighted by atomic mass is 9.71. The number of nitrogens with one attached hydrogen (secondary N) is 1. The van der Waals surface area contributed by atoms with Crippen LogP contribution in [0, 0.1) is 10.8 Å². The summed E-state index contributed by atoms with van der Waals surface area (Å²) in [6, 6.07) is 0. The van der Waals surface area contributed by atoms with Gasteiger partial charge in [-0.3, -0.25) is 0 Å². The number of hydrogen-bond donors (Lipinski definition) is 1. The third kappa shape index (κ3) is 2.34. The number of allylic oxidation sites excluding steroid dienone is 1. The Kier molecular flexibility index (Phi) is 2.62. The highest BCUT2D eigenvalue weighted by atomic mass is 14.8. The van der Waals surface area contributed by atoms with E-state index in [-0.39, 0.29) is 0 Å². The van der Waals surface area contributed by atoms with Gasteiger partial charge >= 0.3 is 0 Å². The second kappa shape index (κ2) is 3.21. The van der Waals surface area contributed by atoms with Crippen LogP contribution in [0.4, 0.5) is 0 Å². The Morgan fingerprint density at radius 3 is 2.25 bits per heavy atom. The molecule has 1 nitrogen and oxygen atoms in total. The molecule has 1 heteroatoms. The van der Waals surface area contributed by atoms with E-state index >= 15 is 0 Å². The standard InChI is InChI=1S/C11H21N/c1-10(2)5-7-11(3,8-6-10)9-12-4/h5,7,12H,6,8-9H2,1-4H3. The van der Waals surface area contributed by atoms with Gasteiger partial charge in [0.15, 0.2) is 0 Å². The molecule has 0 saturated carbocycles. The predicted molar refractivity (Wildman–Crippen MR) is 54.2 cm³/mol. The highest BCUT2D eigenvalue weighted by Crippen LogP contribution is 2.38. The van der Waals surface area contributed by atoms with Crippen molar-refractivity contribution in [2.75, 3.05) is 13.6 Å². The van der Waals surface area contributed by atoms with Gasteiger partial charge in [-0.25, -0.2) is 0 Å². The van der Waals surface area contributed by atoms with Gasteiger partial charge in [0.2, 0.25) is 0 Å². The summed E-state index contributed by atoms with van der Waals surface area (Å²) in [6.45, 7) is 8.04. The van der Waals surface area contributed by atoms with Crippen LogP contribution in [-0.4, -0.2) is 13.6 Å². The van der Waals surface area contributed by atoms with Crippen LogP contribution in [0.25, 0.3) is 0 Å². The SMILES string of the molecule is CNCC1(C)C=CC(C)(C)CC1. The fourth-order valence-electron chi connectivity index (χ4n) is 1.75. The van der Waals surface area contributed by atoms with Crippen LogP contribution in [0.1, 0.15) is 33.6 Å². The molecular formula is C11H21N. The fourth-order valence-corrected chi connectivity index (χ4v) is 1.75. The maximum Gasteiger partial charge on any atom is 0.00369 e. The van der Waals surface area contributed by atoms with Crippen molar-refractivity contribution in [3.8, 4) is 0 Å². The molecule has 1 rings (SSSR count). The molecule has 0 bridgehead atoms. The average Bonchev–Trinajstić information content (AvgIpc) is 1.98. The first-order valence-electron chi connectivity index (χ1n) is 4.82. The second-order valence-electron chi connectivity index (χ2n) is 5.01. The van der Waals surface area contributed by atoms with Gasteiger partial charge in [-0.2, -0.15) is 0 Å². The van der Waals surface area contributed by atoms with Gasteiger partial charge in [-0.05, 0) is 30.7 Å². The van der Waals surface area contributed by atoms with Crippen molar-refractivity contribution in [1.82, 2.24) is 5.32 Å². The molecule has 0 fully saturated rings. The fraction of sp³-hybridized carbons (Fsp3) is 0.818. The van der Waals surface area contributed by atoms with Crippen molar-refractivity contribution in [3.63, 3.8) is 0 Å². The van der Waals surface area contributed by atoms with Crippen LogP contribution in [0.15, 0.2) is 12.2 Å². The van der Waals surface area contributed by atoms with E-state index in [0.717, 1.165) is 6.54 Å². The molecule has 0 aromatic rings. The highest BCUT2D eigenvalue weighted by Gasteiger charge is 2.28. The minimum absolute atomic E-state index is 0.393. The van der Waals surface area contributed by atoms with Crippen molar-refractivity contribution < 1.29 is 0 Å². The van der Waals surface area contributed by atoms with E-state index < -0.39 is 0 Å². The van der Waals surface area contributed by atoms with Crippen molar-refractivity contribution in [2.24, 2.45) is 10.8 Å². The summed E-state index contributed by atoms with van der Waals surface area (Å²) in [4.78, 5) is 0. The van der Waals surface area contributed by atoms with E-state index in [2.05, 4.69) is 38.2 Å². The molecule has 0 saturated heterocycles. The van der Waals surface area contributed by atoms with Gasteiger partial charge in [0.1, 0.15) is 0 Å². The molecule has 0 amide bonds. The van der Waals surface area contributed by atoms with E-state index in [0.29, 0.717) is 10.8 Å². The normalized spacial score (nSPS) is 33.7. The molecule has 12 heavy (non-hydrogen) atoms. The Labute approximate surface area is 76.2 Å². The topological polar surface area (TPSA) is 12.0 Å². The van der Waals surface area contributed by atoms with E-state index in [4.69, 9.17) is 0 Å². The summed E-state index contributed by atoms with van der Waals surface area (Å²) in [5.41, 5.74) is 0.817. The van der Waals surface area contributed by atoms with E-state index in [1.54, 1.807) is 0 Å². The molecule has 70 valence electrons. The Balaban J connectivity index is 2.63. The van der Waals surface area contributed by atoms with Crippen molar-refractivity contribution in [1.29, 1.82) is 0 Å². The summed E-state index contributed by atoms with van der Waals surface area (Å²) < 4.78 is 0. The Bertz CT molecular complexity index is 181. The van der Waals surface area contributed by atoms with Crippen molar-refractivity contribution in [2.45, 2.75) is 33.6 Å². The molecule has 0 radical (unpaired) electrons. The van der Waals surface area contributed by atoms with Crippen LogP contribution < -0.4 is 5.32 Å². The third-order valence-electron chi connectivity index (χ3n) is 2.86. The first-order valence-corrected chi connectivity index (χ1v) is 4.82. The third-order valence-corrected chi connectivity index (χ3v) is 2.86. The Morgan fingerprint density at radius 2 is 1.83 bits per heavy atom. The second-order valence-corrected chi connectivity index (χ2v) is 5.01. The van der Waals surface area contributed by atoms with Gasteiger partial charge in [0.05, 0.1) is 0 Å². The maximum atomic E-state index is 3.25. The molecule has 0 spiro atoms. The smallest absolute Gasteiger partial charge is 0.00369 e. The Hall–Kier alpha value is -0.300. The average molecular weight is 167 g/mol. The molecule has 0 aromatic carbocycles. The summed E-state index contributed by atoms with van der Waals surface area (Å²) >= 11 is 0. The van der Waals surface area contributed by atoms with Crippen LogP contribution in [0.3, 0.4) is 0 Å². The quantitative estimate of drug-likeness (QED) is 0.623. The summed E-state index contributed by atoms with van der Waals surface area (Å²) in [5, 5.41) is 3.25. The lowest BCUT2D eigenvalue weighted by molar-refractivity contribution is 0.274. The largest absolute Gasteiger partial charge is 0.319 e. The zero-order chi connectivity index (χ0) is 9.24. The number of rotatable bonds is 2. The molecule has 1 N–H and O–H groups in total. The van der Waals surface area contributed by atoms with Crippen molar-refractivity contribution in [3.05, 3.63) is 12.2 Å². The predicted octanol–water partition coefficient (Wildman–Crippen LogP) is 2.59. The molecular weight excluding hydrogens is 146 g/mol. The van der Waals surface area contributed by atoms with Gasteiger partial charge < -0.3 is 5.32 Å². The van der Waals surface area contributed by atoms with Gasteiger partial charge in [0.25, 0.3) is 0 Å². The summed E-state index contributed by atoms with van der Waals surface area (Å²) in [6.07, 6.45) is 7.36. The minimum atomic E-state index is 0.393. The number of hydrogen-bond acceptors (Lipinski definition) is 1. The molecule has 1 atom stereocenters. The van der Waals surface area contributed by atoms with Crippen LogP contribution in [0.5, 0.6) is 0 Å². The first kappa shape index (κ1) is 9.79. The van der Waals surface area contributed by atoms with Gasteiger partial charge in [-0.1, -0.05) is 32.9 Å². The van der Waals surface area contributed by atoms with Crippen LogP contribution in [0.2, 0.25) is 0 Å². The molecule has 0 aromatic heterocycles.